The number of benzene rings is 1. The van der Waals surface area contributed by atoms with E-state index in [1.165, 1.54) is 26.7 Å². The lowest BCUT2D eigenvalue weighted by atomic mass is 9.89. The van der Waals surface area contributed by atoms with Crippen LogP contribution < -0.4 is 10.1 Å². The van der Waals surface area contributed by atoms with Gasteiger partial charge in [0, 0.05) is 12.1 Å². The number of carboxylic acid groups (broad SMARTS) is 1. The van der Waals surface area contributed by atoms with Crippen LogP contribution >= 0.6 is 0 Å². The Morgan fingerprint density at radius 1 is 1.29 bits per heavy atom. The SMILES string of the molecule is CC(C)(CC(=O)Nc1ccc(OCC2CC2)cc1)C(=O)O. The van der Waals surface area contributed by atoms with Gasteiger partial charge in [0.25, 0.3) is 0 Å². The third-order valence-corrected chi connectivity index (χ3v) is 3.50. The summed E-state index contributed by atoms with van der Waals surface area (Å²) in [4.78, 5) is 22.8. The van der Waals surface area contributed by atoms with Crippen LogP contribution in [-0.4, -0.2) is 23.6 Å². The molecule has 1 amide bonds. The normalized spacial score (nSPS) is 14.6. The number of nitrogens with one attached hydrogen (secondary N) is 1. The maximum atomic E-state index is 11.8. The topological polar surface area (TPSA) is 75.6 Å². The van der Waals surface area contributed by atoms with Crippen LogP contribution in [0, 0.1) is 11.3 Å². The van der Waals surface area contributed by atoms with Crippen LogP contribution in [0.25, 0.3) is 0 Å². The van der Waals surface area contributed by atoms with Crippen molar-refractivity contribution in [3.8, 4) is 5.75 Å². The Bertz CT molecular complexity index is 518. The Morgan fingerprint density at radius 3 is 2.43 bits per heavy atom. The first-order chi connectivity index (χ1) is 9.87. The van der Waals surface area contributed by atoms with E-state index in [4.69, 9.17) is 9.84 Å². The number of anilines is 1. The van der Waals surface area contributed by atoms with E-state index in [0.29, 0.717) is 11.6 Å². The summed E-state index contributed by atoms with van der Waals surface area (Å²) in [5.41, 5.74) is -0.433. The zero-order valence-corrected chi connectivity index (χ0v) is 12.4. The summed E-state index contributed by atoms with van der Waals surface area (Å²) >= 11 is 0. The molecular weight excluding hydrogens is 270 g/mol. The zero-order valence-electron chi connectivity index (χ0n) is 12.4. The fourth-order valence-electron chi connectivity index (χ4n) is 1.82. The van der Waals surface area contributed by atoms with Gasteiger partial charge >= 0.3 is 5.97 Å². The summed E-state index contributed by atoms with van der Waals surface area (Å²) < 4.78 is 5.61. The molecule has 0 heterocycles. The highest BCUT2D eigenvalue weighted by atomic mass is 16.5. The smallest absolute Gasteiger partial charge is 0.309 e. The minimum Gasteiger partial charge on any atom is -0.493 e. The first-order valence-electron chi connectivity index (χ1n) is 7.13. The van der Waals surface area contributed by atoms with Gasteiger partial charge in [-0.05, 0) is 56.9 Å². The summed E-state index contributed by atoms with van der Waals surface area (Å²) in [7, 11) is 0. The van der Waals surface area contributed by atoms with E-state index in [0.717, 1.165) is 12.4 Å². The molecule has 0 atom stereocenters. The van der Waals surface area contributed by atoms with Gasteiger partial charge in [-0.1, -0.05) is 0 Å². The molecular formula is C16H21NO4. The molecule has 0 bridgehead atoms. The van der Waals surface area contributed by atoms with Crippen molar-refractivity contribution in [2.75, 3.05) is 11.9 Å². The molecule has 5 heteroatoms. The van der Waals surface area contributed by atoms with Crippen LogP contribution in [0.5, 0.6) is 5.75 Å². The van der Waals surface area contributed by atoms with E-state index >= 15 is 0 Å². The second-order valence-electron chi connectivity index (χ2n) is 6.19. The van der Waals surface area contributed by atoms with Crippen LogP contribution in [-0.2, 0) is 9.59 Å². The molecule has 0 radical (unpaired) electrons. The molecule has 0 aromatic heterocycles. The van der Waals surface area contributed by atoms with Crippen LogP contribution in [0.2, 0.25) is 0 Å². The highest BCUT2D eigenvalue weighted by Crippen LogP contribution is 2.29. The van der Waals surface area contributed by atoms with Gasteiger partial charge in [-0.25, -0.2) is 0 Å². The highest BCUT2D eigenvalue weighted by molar-refractivity contribution is 5.94. The number of hydrogen-bond donors (Lipinski definition) is 2. The van der Waals surface area contributed by atoms with E-state index in [-0.39, 0.29) is 12.3 Å². The molecule has 114 valence electrons. The molecule has 1 aliphatic carbocycles. The van der Waals surface area contributed by atoms with Crippen LogP contribution in [0.4, 0.5) is 5.69 Å². The maximum absolute atomic E-state index is 11.8. The Kier molecular flexibility index (Phi) is 4.50. The third kappa shape index (κ3) is 4.77. The number of ether oxygens (including phenoxy) is 1. The fourth-order valence-corrected chi connectivity index (χ4v) is 1.82. The number of carbonyl (C=O) groups is 2. The second kappa shape index (κ2) is 6.16. The lowest BCUT2D eigenvalue weighted by Crippen LogP contribution is -2.29. The lowest BCUT2D eigenvalue weighted by molar-refractivity contribution is -0.148. The minimum absolute atomic E-state index is 0.0672. The molecule has 2 N–H and O–H groups in total. The quantitative estimate of drug-likeness (QED) is 0.810. The van der Waals surface area contributed by atoms with Crippen molar-refractivity contribution in [2.45, 2.75) is 33.1 Å². The Labute approximate surface area is 124 Å². The standard InChI is InChI=1S/C16H21NO4/c1-16(2,15(19)20)9-14(18)17-12-5-7-13(8-6-12)21-10-11-3-4-11/h5-8,11H,3-4,9-10H2,1-2H3,(H,17,18)(H,19,20). The van der Waals surface area contributed by atoms with Crippen LogP contribution in [0.1, 0.15) is 33.1 Å². The molecule has 21 heavy (non-hydrogen) atoms. The number of rotatable bonds is 7. The van der Waals surface area contributed by atoms with Gasteiger partial charge in [0.2, 0.25) is 5.91 Å². The number of hydrogen-bond acceptors (Lipinski definition) is 3. The molecule has 1 aliphatic rings. The van der Waals surface area contributed by atoms with Crippen molar-refractivity contribution in [3.63, 3.8) is 0 Å². The maximum Gasteiger partial charge on any atom is 0.309 e. The van der Waals surface area contributed by atoms with Crippen LogP contribution in [0.3, 0.4) is 0 Å². The first-order valence-corrected chi connectivity index (χ1v) is 7.13. The van der Waals surface area contributed by atoms with Gasteiger partial charge in [-0.2, -0.15) is 0 Å². The van der Waals surface area contributed by atoms with E-state index in [1.807, 2.05) is 0 Å². The first kappa shape index (κ1) is 15.4. The Hall–Kier alpha value is -2.04. The summed E-state index contributed by atoms with van der Waals surface area (Å²) in [6.07, 6.45) is 2.42. The molecule has 1 saturated carbocycles. The monoisotopic (exact) mass is 291 g/mol. The van der Waals surface area contributed by atoms with E-state index in [2.05, 4.69) is 5.32 Å². The largest absolute Gasteiger partial charge is 0.493 e. The molecule has 0 spiro atoms. The average molecular weight is 291 g/mol. The minimum atomic E-state index is -1.07. The number of amides is 1. The van der Waals surface area contributed by atoms with Crippen molar-refractivity contribution < 1.29 is 19.4 Å². The molecule has 0 saturated heterocycles. The van der Waals surface area contributed by atoms with Gasteiger partial charge in [0.15, 0.2) is 0 Å². The van der Waals surface area contributed by atoms with Crippen molar-refractivity contribution in [1.82, 2.24) is 0 Å². The summed E-state index contributed by atoms with van der Waals surface area (Å²) in [5, 5.41) is 11.7. The van der Waals surface area contributed by atoms with Gasteiger partial charge in [-0.15, -0.1) is 0 Å². The second-order valence-corrected chi connectivity index (χ2v) is 6.19. The fraction of sp³-hybridized carbons (Fsp3) is 0.500. The van der Waals surface area contributed by atoms with Gasteiger partial charge in [0.1, 0.15) is 5.75 Å². The number of carboxylic acids is 1. The zero-order chi connectivity index (χ0) is 15.5. The summed E-state index contributed by atoms with van der Waals surface area (Å²) in [6.45, 7) is 3.81. The molecule has 1 aromatic rings. The number of carbonyl (C=O) groups excluding carboxylic acids is 1. The molecule has 1 fully saturated rings. The van der Waals surface area contributed by atoms with Gasteiger partial charge < -0.3 is 15.2 Å². The molecule has 0 aliphatic heterocycles. The van der Waals surface area contributed by atoms with Crippen molar-refractivity contribution in [2.24, 2.45) is 11.3 Å². The van der Waals surface area contributed by atoms with E-state index in [9.17, 15) is 9.59 Å². The third-order valence-electron chi connectivity index (χ3n) is 3.50. The highest BCUT2D eigenvalue weighted by Gasteiger charge is 2.30. The Balaban J connectivity index is 1.84. The Morgan fingerprint density at radius 2 is 1.90 bits per heavy atom. The predicted octanol–water partition coefficient (Wildman–Crippen LogP) is 2.91. The molecule has 5 nitrogen and oxygen atoms in total. The van der Waals surface area contributed by atoms with Crippen molar-refractivity contribution in [1.29, 1.82) is 0 Å². The van der Waals surface area contributed by atoms with E-state index in [1.54, 1.807) is 24.3 Å². The molecule has 2 rings (SSSR count). The number of aliphatic carboxylic acids is 1. The predicted molar refractivity (Wildman–Crippen MR) is 79.3 cm³/mol. The molecule has 0 unspecified atom stereocenters. The van der Waals surface area contributed by atoms with E-state index < -0.39 is 11.4 Å². The van der Waals surface area contributed by atoms with Gasteiger partial charge in [0.05, 0.1) is 12.0 Å². The average Bonchev–Trinajstić information content (AvgIpc) is 3.21. The van der Waals surface area contributed by atoms with Crippen LogP contribution in [0.15, 0.2) is 24.3 Å². The summed E-state index contributed by atoms with van der Waals surface area (Å²) in [5.74, 6) is 0.184. The van der Waals surface area contributed by atoms with Crippen molar-refractivity contribution in [3.05, 3.63) is 24.3 Å². The van der Waals surface area contributed by atoms with Crippen molar-refractivity contribution >= 4 is 17.6 Å². The van der Waals surface area contributed by atoms with Gasteiger partial charge in [-0.3, -0.25) is 9.59 Å². The summed E-state index contributed by atoms with van der Waals surface area (Å²) in [6, 6.07) is 7.13. The lowest BCUT2D eigenvalue weighted by Gasteiger charge is -2.18. The molecule has 1 aromatic carbocycles.